The van der Waals surface area contributed by atoms with Crippen LogP contribution in [-0.2, 0) is 11.2 Å². The minimum atomic E-state index is 0.741. The Morgan fingerprint density at radius 3 is 2.89 bits per heavy atom. The van der Waals surface area contributed by atoms with E-state index < -0.39 is 0 Å². The van der Waals surface area contributed by atoms with E-state index in [1.54, 1.807) is 7.11 Å². The van der Waals surface area contributed by atoms with E-state index in [9.17, 15) is 0 Å². The van der Waals surface area contributed by atoms with Crippen LogP contribution >= 0.6 is 11.3 Å². The first-order valence-electron chi connectivity index (χ1n) is 7.40. The van der Waals surface area contributed by atoms with E-state index in [0.717, 1.165) is 43.6 Å². The molecule has 3 nitrogen and oxygen atoms in total. The van der Waals surface area contributed by atoms with Crippen molar-refractivity contribution in [3.8, 4) is 0 Å². The van der Waals surface area contributed by atoms with Crippen molar-refractivity contribution < 1.29 is 4.74 Å². The molecule has 1 aromatic heterocycles. The lowest BCUT2D eigenvalue weighted by atomic mass is 9.88. The fourth-order valence-corrected chi connectivity index (χ4v) is 3.88. The van der Waals surface area contributed by atoms with E-state index in [-0.39, 0.29) is 0 Å². The van der Waals surface area contributed by atoms with Crippen LogP contribution < -0.4 is 5.32 Å². The highest BCUT2D eigenvalue weighted by Crippen LogP contribution is 2.33. The second kappa shape index (κ2) is 7.98. The lowest BCUT2D eigenvalue weighted by Crippen LogP contribution is -2.31. The average molecular weight is 282 g/mol. The van der Waals surface area contributed by atoms with Gasteiger partial charge in [0.25, 0.3) is 0 Å². The Labute approximate surface area is 120 Å². The number of aromatic nitrogens is 1. The molecule has 0 aliphatic heterocycles. The second-order valence-corrected chi connectivity index (χ2v) is 6.53. The Kier molecular flexibility index (Phi) is 6.28. The zero-order valence-electron chi connectivity index (χ0n) is 12.2. The maximum atomic E-state index is 5.10. The molecule has 1 unspecified atom stereocenters. The summed E-state index contributed by atoms with van der Waals surface area (Å²) in [4.78, 5) is 4.63. The van der Waals surface area contributed by atoms with Gasteiger partial charge in [0.1, 0.15) is 0 Å². The molecule has 1 fully saturated rings. The van der Waals surface area contributed by atoms with Gasteiger partial charge in [0.05, 0.1) is 11.6 Å². The minimum absolute atomic E-state index is 0.741. The average Bonchev–Trinajstić information content (AvgIpc) is 3.04. The molecule has 0 radical (unpaired) electrons. The number of thiazole rings is 1. The highest BCUT2D eigenvalue weighted by Gasteiger charge is 2.25. The van der Waals surface area contributed by atoms with Gasteiger partial charge < -0.3 is 10.1 Å². The molecule has 1 aromatic rings. The summed E-state index contributed by atoms with van der Waals surface area (Å²) in [6.45, 7) is 4.94. The highest BCUT2D eigenvalue weighted by atomic mass is 32.1. The van der Waals surface area contributed by atoms with E-state index in [0.29, 0.717) is 0 Å². The first-order valence-corrected chi connectivity index (χ1v) is 8.28. The van der Waals surface area contributed by atoms with Crippen LogP contribution in [0, 0.1) is 18.8 Å². The largest absolute Gasteiger partial charge is 0.383 e. The normalized spacial score (nSPS) is 18.0. The zero-order valence-corrected chi connectivity index (χ0v) is 13.0. The van der Waals surface area contributed by atoms with Crippen LogP contribution in [0.25, 0.3) is 0 Å². The van der Waals surface area contributed by atoms with Crippen LogP contribution in [0.3, 0.4) is 0 Å². The lowest BCUT2D eigenvalue weighted by Gasteiger charge is -2.23. The van der Waals surface area contributed by atoms with Gasteiger partial charge in [0.15, 0.2) is 0 Å². The summed E-state index contributed by atoms with van der Waals surface area (Å²) in [6.07, 6.45) is 6.78. The van der Waals surface area contributed by atoms with Gasteiger partial charge in [-0.15, -0.1) is 11.3 Å². The van der Waals surface area contributed by atoms with Gasteiger partial charge in [0, 0.05) is 31.1 Å². The molecule has 19 heavy (non-hydrogen) atoms. The third kappa shape index (κ3) is 4.86. The Morgan fingerprint density at radius 2 is 2.26 bits per heavy atom. The Hall–Kier alpha value is -0.450. The van der Waals surface area contributed by atoms with Crippen LogP contribution in [-0.4, -0.2) is 31.8 Å². The summed E-state index contributed by atoms with van der Waals surface area (Å²) in [5.74, 6) is 1.63. The molecule has 0 saturated heterocycles. The summed E-state index contributed by atoms with van der Waals surface area (Å²) in [7, 11) is 1.76. The number of hydrogen-bond donors (Lipinski definition) is 1. The smallest absolute Gasteiger partial charge is 0.0931 e. The molecular weight excluding hydrogens is 256 g/mol. The minimum Gasteiger partial charge on any atom is -0.383 e. The van der Waals surface area contributed by atoms with Crippen molar-refractivity contribution in [2.24, 2.45) is 11.8 Å². The monoisotopic (exact) mass is 282 g/mol. The van der Waals surface area contributed by atoms with E-state index in [1.807, 2.05) is 11.3 Å². The van der Waals surface area contributed by atoms with Crippen molar-refractivity contribution in [2.75, 3.05) is 26.8 Å². The SMILES string of the molecule is COCCNCC(Cc1nc(C)cs1)C1CCCC1. The van der Waals surface area contributed by atoms with Crippen molar-refractivity contribution >= 4 is 11.3 Å². The highest BCUT2D eigenvalue weighted by molar-refractivity contribution is 7.09. The van der Waals surface area contributed by atoms with Gasteiger partial charge in [-0.25, -0.2) is 4.98 Å². The zero-order chi connectivity index (χ0) is 13.5. The molecule has 1 saturated carbocycles. The molecular formula is C15H26N2OS. The molecule has 2 rings (SSSR count). The van der Waals surface area contributed by atoms with E-state index >= 15 is 0 Å². The predicted molar refractivity (Wildman–Crippen MR) is 80.7 cm³/mol. The van der Waals surface area contributed by atoms with Crippen molar-refractivity contribution in [1.82, 2.24) is 10.3 Å². The topological polar surface area (TPSA) is 34.1 Å². The third-order valence-electron chi connectivity index (χ3n) is 4.06. The molecule has 1 aliphatic rings. The standard InChI is InChI=1S/C15H26N2OS/c1-12-11-19-15(17-12)9-14(10-16-7-8-18-2)13-5-3-4-6-13/h11,13-14,16H,3-10H2,1-2H3. The summed E-state index contributed by atoms with van der Waals surface area (Å²) in [5, 5.41) is 7.02. The number of nitrogens with one attached hydrogen (secondary N) is 1. The van der Waals surface area contributed by atoms with Gasteiger partial charge in [0.2, 0.25) is 0 Å². The Balaban J connectivity index is 1.85. The molecule has 108 valence electrons. The molecule has 0 amide bonds. The lowest BCUT2D eigenvalue weighted by molar-refractivity contribution is 0.195. The fourth-order valence-electron chi connectivity index (χ4n) is 3.02. The van der Waals surface area contributed by atoms with Crippen LogP contribution in [0.15, 0.2) is 5.38 Å². The first-order chi connectivity index (χ1) is 9.29. The van der Waals surface area contributed by atoms with Crippen molar-refractivity contribution in [3.05, 3.63) is 16.1 Å². The van der Waals surface area contributed by atoms with Crippen molar-refractivity contribution in [2.45, 2.75) is 39.0 Å². The molecule has 0 aromatic carbocycles. The van der Waals surface area contributed by atoms with Crippen LogP contribution in [0.5, 0.6) is 0 Å². The van der Waals surface area contributed by atoms with Gasteiger partial charge in [-0.2, -0.15) is 0 Å². The Bertz CT molecular complexity index is 361. The van der Waals surface area contributed by atoms with Crippen molar-refractivity contribution in [3.63, 3.8) is 0 Å². The first kappa shape index (κ1) is 14.9. The molecule has 1 aliphatic carbocycles. The maximum Gasteiger partial charge on any atom is 0.0931 e. The number of methoxy groups -OCH3 is 1. The van der Waals surface area contributed by atoms with Gasteiger partial charge in [-0.3, -0.25) is 0 Å². The predicted octanol–water partition coefficient (Wildman–Crippen LogP) is 3.04. The van der Waals surface area contributed by atoms with Crippen LogP contribution in [0.4, 0.5) is 0 Å². The van der Waals surface area contributed by atoms with Gasteiger partial charge in [-0.05, 0) is 25.3 Å². The third-order valence-corrected chi connectivity index (χ3v) is 5.05. The maximum absolute atomic E-state index is 5.10. The summed E-state index contributed by atoms with van der Waals surface area (Å²) < 4.78 is 5.10. The number of aryl methyl sites for hydroxylation is 1. The molecule has 0 bridgehead atoms. The summed E-state index contributed by atoms with van der Waals surface area (Å²) >= 11 is 1.82. The van der Waals surface area contributed by atoms with Crippen LogP contribution in [0.2, 0.25) is 0 Å². The molecule has 0 spiro atoms. The van der Waals surface area contributed by atoms with E-state index in [2.05, 4.69) is 22.6 Å². The summed E-state index contributed by atoms with van der Waals surface area (Å²) in [6, 6.07) is 0. The number of nitrogens with zero attached hydrogens (tertiary/aromatic N) is 1. The van der Waals surface area contributed by atoms with E-state index in [4.69, 9.17) is 4.74 Å². The van der Waals surface area contributed by atoms with Crippen molar-refractivity contribution in [1.29, 1.82) is 0 Å². The number of ether oxygens (including phenoxy) is 1. The second-order valence-electron chi connectivity index (χ2n) is 5.59. The van der Waals surface area contributed by atoms with E-state index in [1.165, 1.54) is 30.7 Å². The quantitative estimate of drug-likeness (QED) is 0.744. The van der Waals surface area contributed by atoms with Gasteiger partial charge >= 0.3 is 0 Å². The summed E-state index contributed by atoms with van der Waals surface area (Å²) in [5.41, 5.74) is 1.16. The fraction of sp³-hybridized carbons (Fsp3) is 0.800. The Morgan fingerprint density at radius 1 is 1.47 bits per heavy atom. The molecule has 4 heteroatoms. The molecule has 1 atom stereocenters. The molecule has 1 heterocycles. The number of hydrogen-bond acceptors (Lipinski definition) is 4. The molecule has 1 N–H and O–H groups in total. The van der Waals surface area contributed by atoms with Crippen LogP contribution in [0.1, 0.15) is 36.4 Å². The van der Waals surface area contributed by atoms with Gasteiger partial charge in [-0.1, -0.05) is 25.7 Å². The number of rotatable bonds is 8.